The highest BCUT2D eigenvalue weighted by molar-refractivity contribution is 5.92. The van der Waals surface area contributed by atoms with Crippen LogP contribution in [-0.4, -0.2) is 33.9 Å². The maximum Gasteiger partial charge on any atom is 0.272 e. The summed E-state index contributed by atoms with van der Waals surface area (Å²) in [4.78, 5) is 22.7. The molecule has 6 heteroatoms. The Kier molecular flexibility index (Phi) is 6.02. The van der Waals surface area contributed by atoms with Gasteiger partial charge in [-0.3, -0.25) is 4.79 Å². The van der Waals surface area contributed by atoms with Crippen molar-refractivity contribution >= 4 is 17.5 Å². The van der Waals surface area contributed by atoms with Crippen LogP contribution >= 0.6 is 0 Å². The average Bonchev–Trinajstić information content (AvgIpc) is 2.56. The van der Waals surface area contributed by atoms with Crippen molar-refractivity contribution in [2.45, 2.75) is 26.7 Å². The number of benzene rings is 1. The predicted molar refractivity (Wildman–Crippen MR) is 88.2 cm³/mol. The van der Waals surface area contributed by atoms with E-state index in [1.54, 1.807) is 29.3 Å². The van der Waals surface area contributed by atoms with Gasteiger partial charge in [0.2, 0.25) is 5.95 Å². The second-order valence-electron chi connectivity index (χ2n) is 5.19. The zero-order valence-corrected chi connectivity index (χ0v) is 13.4. The quantitative estimate of drug-likeness (QED) is 0.847. The molecule has 1 aromatic heterocycles. The first-order valence-corrected chi connectivity index (χ1v) is 7.79. The van der Waals surface area contributed by atoms with Crippen molar-refractivity contribution in [3.63, 3.8) is 0 Å². The number of nitrogens with one attached hydrogen (secondary N) is 1. The molecule has 2 rings (SSSR count). The van der Waals surface area contributed by atoms with Gasteiger partial charge in [-0.1, -0.05) is 13.8 Å². The van der Waals surface area contributed by atoms with Crippen molar-refractivity contribution in [2.24, 2.45) is 0 Å². The smallest absolute Gasteiger partial charge is 0.272 e. The van der Waals surface area contributed by atoms with Crippen molar-refractivity contribution in [3.05, 3.63) is 48.0 Å². The molecule has 1 N–H and O–H groups in total. The van der Waals surface area contributed by atoms with Crippen LogP contribution in [0.25, 0.3) is 0 Å². The zero-order valence-electron chi connectivity index (χ0n) is 13.4. The minimum atomic E-state index is -0.310. The van der Waals surface area contributed by atoms with Gasteiger partial charge in [-0.15, -0.1) is 0 Å². The van der Waals surface area contributed by atoms with Crippen LogP contribution in [0.15, 0.2) is 36.5 Å². The van der Waals surface area contributed by atoms with E-state index in [1.165, 1.54) is 12.1 Å². The van der Waals surface area contributed by atoms with Gasteiger partial charge in [-0.2, -0.15) is 0 Å². The molecular formula is C17H21FN4O. The van der Waals surface area contributed by atoms with Crippen molar-refractivity contribution in [1.82, 2.24) is 14.9 Å². The summed E-state index contributed by atoms with van der Waals surface area (Å²) < 4.78 is 12.9. The molecule has 0 unspecified atom stereocenters. The molecule has 122 valence electrons. The number of anilines is 2. The number of amides is 1. The normalized spacial score (nSPS) is 10.4. The largest absolute Gasteiger partial charge is 0.337 e. The lowest BCUT2D eigenvalue weighted by Crippen LogP contribution is -2.33. The van der Waals surface area contributed by atoms with Gasteiger partial charge < -0.3 is 10.2 Å². The highest BCUT2D eigenvalue weighted by Gasteiger charge is 2.16. The lowest BCUT2D eigenvalue weighted by atomic mass is 10.3. The molecule has 0 spiro atoms. The third-order valence-electron chi connectivity index (χ3n) is 3.25. The lowest BCUT2D eigenvalue weighted by molar-refractivity contribution is 0.0749. The first-order valence-electron chi connectivity index (χ1n) is 7.79. The molecule has 2 aromatic rings. The van der Waals surface area contributed by atoms with E-state index in [-0.39, 0.29) is 11.7 Å². The second-order valence-corrected chi connectivity index (χ2v) is 5.19. The Morgan fingerprint density at radius 2 is 1.78 bits per heavy atom. The van der Waals surface area contributed by atoms with Crippen molar-refractivity contribution in [3.8, 4) is 0 Å². The second kappa shape index (κ2) is 8.22. The average molecular weight is 316 g/mol. The molecule has 0 atom stereocenters. The summed E-state index contributed by atoms with van der Waals surface area (Å²) in [5.74, 6) is -0.0937. The topological polar surface area (TPSA) is 58.1 Å². The summed E-state index contributed by atoms with van der Waals surface area (Å²) in [7, 11) is 0. The van der Waals surface area contributed by atoms with Gasteiger partial charge in [0.1, 0.15) is 11.5 Å². The number of aromatic nitrogens is 2. The van der Waals surface area contributed by atoms with Crippen LogP contribution in [0.2, 0.25) is 0 Å². The molecule has 0 radical (unpaired) electrons. The molecule has 1 amide bonds. The summed E-state index contributed by atoms with van der Waals surface area (Å²) in [5, 5.41) is 2.97. The lowest BCUT2D eigenvalue weighted by Gasteiger charge is -2.21. The van der Waals surface area contributed by atoms with E-state index in [1.807, 2.05) is 13.8 Å². The van der Waals surface area contributed by atoms with Gasteiger partial charge in [0.15, 0.2) is 0 Å². The molecule has 0 saturated heterocycles. The van der Waals surface area contributed by atoms with Crippen LogP contribution in [0, 0.1) is 5.82 Å². The van der Waals surface area contributed by atoms with E-state index in [0.29, 0.717) is 30.4 Å². The molecule has 0 aliphatic heterocycles. The molecule has 5 nitrogen and oxygen atoms in total. The first-order chi connectivity index (χ1) is 11.1. The Bertz CT molecular complexity index is 639. The van der Waals surface area contributed by atoms with E-state index in [2.05, 4.69) is 15.3 Å². The molecule has 23 heavy (non-hydrogen) atoms. The molecule has 0 aliphatic rings. The van der Waals surface area contributed by atoms with E-state index >= 15 is 0 Å². The van der Waals surface area contributed by atoms with Gasteiger partial charge in [0.25, 0.3) is 5.91 Å². The Morgan fingerprint density at radius 1 is 1.13 bits per heavy atom. The fourth-order valence-corrected chi connectivity index (χ4v) is 2.22. The van der Waals surface area contributed by atoms with Crippen LogP contribution in [-0.2, 0) is 0 Å². The number of rotatable bonds is 7. The summed E-state index contributed by atoms with van der Waals surface area (Å²) in [6.07, 6.45) is 3.34. The minimum Gasteiger partial charge on any atom is -0.337 e. The maximum atomic E-state index is 12.9. The first kappa shape index (κ1) is 16.9. The summed E-state index contributed by atoms with van der Waals surface area (Å²) in [6, 6.07) is 7.49. The molecular weight excluding hydrogens is 295 g/mol. The monoisotopic (exact) mass is 316 g/mol. The predicted octanol–water partition coefficient (Wildman–Crippen LogP) is 3.62. The third-order valence-corrected chi connectivity index (χ3v) is 3.25. The van der Waals surface area contributed by atoms with Gasteiger partial charge in [-0.25, -0.2) is 14.4 Å². The van der Waals surface area contributed by atoms with Gasteiger partial charge in [-0.05, 0) is 43.2 Å². The number of carbonyl (C=O) groups excluding carboxylic acids is 1. The molecule has 0 fully saturated rings. The van der Waals surface area contributed by atoms with Gasteiger partial charge >= 0.3 is 0 Å². The van der Waals surface area contributed by atoms with E-state index < -0.39 is 0 Å². The third kappa shape index (κ3) is 4.74. The highest BCUT2D eigenvalue weighted by Crippen LogP contribution is 2.14. The van der Waals surface area contributed by atoms with Crippen molar-refractivity contribution in [1.29, 1.82) is 0 Å². The van der Waals surface area contributed by atoms with Crippen LogP contribution in [0.5, 0.6) is 0 Å². The fourth-order valence-electron chi connectivity index (χ4n) is 2.22. The number of carbonyl (C=O) groups is 1. The molecule has 1 heterocycles. The summed E-state index contributed by atoms with van der Waals surface area (Å²) >= 11 is 0. The Hall–Kier alpha value is -2.50. The SMILES string of the molecule is CCCN(CCC)C(=O)c1ccnc(Nc2ccc(F)cc2)n1. The molecule has 0 saturated carbocycles. The number of hydrogen-bond donors (Lipinski definition) is 1. The van der Waals surface area contributed by atoms with Crippen LogP contribution in [0.3, 0.4) is 0 Å². The number of halogens is 1. The van der Waals surface area contributed by atoms with Gasteiger partial charge in [0.05, 0.1) is 0 Å². The van der Waals surface area contributed by atoms with E-state index in [4.69, 9.17) is 0 Å². The van der Waals surface area contributed by atoms with Crippen LogP contribution < -0.4 is 5.32 Å². The molecule has 1 aromatic carbocycles. The van der Waals surface area contributed by atoms with E-state index in [9.17, 15) is 9.18 Å². The Labute approximate surface area is 135 Å². The van der Waals surface area contributed by atoms with Crippen LogP contribution in [0.4, 0.5) is 16.0 Å². The van der Waals surface area contributed by atoms with Gasteiger partial charge in [0, 0.05) is 25.0 Å². The van der Waals surface area contributed by atoms with E-state index in [0.717, 1.165) is 12.8 Å². The van der Waals surface area contributed by atoms with Crippen molar-refractivity contribution < 1.29 is 9.18 Å². The maximum absolute atomic E-state index is 12.9. The molecule has 0 bridgehead atoms. The molecule has 0 aliphatic carbocycles. The zero-order chi connectivity index (χ0) is 16.7. The Balaban J connectivity index is 2.14. The minimum absolute atomic E-state index is 0.0988. The number of nitrogens with zero attached hydrogens (tertiary/aromatic N) is 3. The highest BCUT2D eigenvalue weighted by atomic mass is 19.1. The fraction of sp³-hybridized carbons (Fsp3) is 0.353. The van der Waals surface area contributed by atoms with Crippen LogP contribution in [0.1, 0.15) is 37.2 Å². The Morgan fingerprint density at radius 3 is 2.39 bits per heavy atom. The van der Waals surface area contributed by atoms with Crippen molar-refractivity contribution in [2.75, 3.05) is 18.4 Å². The summed E-state index contributed by atoms with van der Waals surface area (Å²) in [6.45, 7) is 5.49. The standard InChI is InChI=1S/C17H21FN4O/c1-3-11-22(12-4-2)16(23)15-9-10-19-17(21-15)20-14-7-5-13(18)6-8-14/h5-10H,3-4,11-12H2,1-2H3,(H,19,20,21). The number of hydrogen-bond acceptors (Lipinski definition) is 4. The summed E-state index contributed by atoms with van der Waals surface area (Å²) in [5.41, 5.74) is 1.02.